The third-order valence-corrected chi connectivity index (χ3v) is 10.7. The maximum Gasteiger partial charge on any atom is 0.432 e. The van der Waals surface area contributed by atoms with Gasteiger partial charge in [0.1, 0.15) is 11.4 Å². The van der Waals surface area contributed by atoms with E-state index in [1.54, 1.807) is 48.5 Å². The fourth-order valence-electron chi connectivity index (χ4n) is 7.71. The van der Waals surface area contributed by atoms with Crippen LogP contribution in [-0.4, -0.2) is 89.7 Å². The van der Waals surface area contributed by atoms with Gasteiger partial charge in [-0.1, -0.05) is 12.1 Å². The molecule has 0 unspecified atom stereocenters. The molecule has 1 saturated heterocycles. The number of methoxy groups -OCH3 is 2. The van der Waals surface area contributed by atoms with Gasteiger partial charge in [-0.15, -0.1) is 11.6 Å². The van der Waals surface area contributed by atoms with Crippen molar-refractivity contribution in [2.75, 3.05) is 50.0 Å². The summed E-state index contributed by atoms with van der Waals surface area (Å²) < 4.78 is 65.2. The minimum atomic E-state index is -5.07. The first-order valence-electron chi connectivity index (χ1n) is 17.7. The van der Waals surface area contributed by atoms with Crippen molar-refractivity contribution in [2.45, 2.75) is 31.0 Å². The van der Waals surface area contributed by atoms with E-state index in [9.17, 15) is 37.5 Å². The Morgan fingerprint density at radius 1 is 1.04 bits per heavy atom. The van der Waals surface area contributed by atoms with Gasteiger partial charge >= 0.3 is 18.2 Å². The molecule has 2 atom stereocenters. The molecule has 18 heteroatoms. The number of H-pyrrole nitrogens is 2. The number of nitrogens with one attached hydrogen (secondary N) is 3. The molecule has 2 aliphatic rings. The highest BCUT2D eigenvalue weighted by molar-refractivity contribution is 6.20. The zero-order chi connectivity index (χ0) is 40.3. The summed E-state index contributed by atoms with van der Waals surface area (Å²) in [6, 6.07) is 14.0. The fraction of sp³-hybridized carbons (Fsp3) is 0.282. The van der Waals surface area contributed by atoms with E-state index in [4.69, 9.17) is 30.2 Å². The molecule has 4 N–H and O–H groups in total. The van der Waals surface area contributed by atoms with Gasteiger partial charge in [-0.05, 0) is 54.8 Å². The number of nitrogens with zero attached hydrogens (tertiary/aromatic N) is 2. The number of ether oxygens (including phenoxy) is 3. The average molecular weight is 808 g/mol. The quantitative estimate of drug-likeness (QED) is 0.0901. The SMILES string of the molecule is COC(=O)c1c(C(F)(F)F)[nH]c2c(OC(=O)N3CCC[C@H]3CO)cc3c(c12)[C@H](CCl)CN3C(=O)c1cc2cc(NC(=O)c3cc4cccc(OC)c4o3)ccc2[nH]1. The first-order chi connectivity index (χ1) is 27.3. The van der Waals surface area contributed by atoms with Gasteiger partial charge in [-0.3, -0.25) is 9.59 Å². The lowest BCUT2D eigenvalue weighted by molar-refractivity contribution is -0.141. The molecule has 14 nitrogen and oxygen atoms in total. The van der Waals surface area contributed by atoms with Crippen LogP contribution in [0.25, 0.3) is 32.8 Å². The lowest BCUT2D eigenvalue weighted by Gasteiger charge is -2.23. The summed E-state index contributed by atoms with van der Waals surface area (Å²) in [6.07, 6.45) is -4.94. The third kappa shape index (κ3) is 6.45. The van der Waals surface area contributed by atoms with Gasteiger partial charge in [0, 0.05) is 58.3 Å². The highest BCUT2D eigenvalue weighted by atomic mass is 35.5. The number of esters is 1. The van der Waals surface area contributed by atoms with Gasteiger partial charge in [0.15, 0.2) is 22.8 Å². The second kappa shape index (κ2) is 14.4. The Labute approximate surface area is 325 Å². The number of likely N-dealkylation sites (tertiary alicyclic amines) is 1. The predicted molar refractivity (Wildman–Crippen MR) is 202 cm³/mol. The molecule has 0 radical (unpaired) electrons. The van der Waals surface area contributed by atoms with Crippen LogP contribution in [0.1, 0.15) is 61.4 Å². The van der Waals surface area contributed by atoms with Crippen LogP contribution in [0, 0.1) is 0 Å². The maximum atomic E-state index is 14.5. The number of carbonyl (C=O) groups is 4. The molecule has 57 heavy (non-hydrogen) atoms. The Hall–Kier alpha value is -6.20. The van der Waals surface area contributed by atoms with Gasteiger partial charge < -0.3 is 48.8 Å². The highest BCUT2D eigenvalue weighted by Gasteiger charge is 2.44. The number of benzene rings is 3. The van der Waals surface area contributed by atoms with E-state index < -0.39 is 53.3 Å². The van der Waals surface area contributed by atoms with Crippen molar-refractivity contribution in [1.82, 2.24) is 14.9 Å². The van der Waals surface area contributed by atoms with Crippen molar-refractivity contribution in [2.24, 2.45) is 0 Å². The summed E-state index contributed by atoms with van der Waals surface area (Å²) in [6.45, 7) is -0.213. The van der Waals surface area contributed by atoms with E-state index in [1.165, 1.54) is 23.0 Å². The zero-order valence-electron chi connectivity index (χ0n) is 30.2. The summed E-state index contributed by atoms with van der Waals surface area (Å²) in [4.78, 5) is 61.9. The Morgan fingerprint density at radius 2 is 1.84 bits per heavy atom. The number of aromatic nitrogens is 2. The first-order valence-corrected chi connectivity index (χ1v) is 18.2. The fourth-order valence-corrected chi connectivity index (χ4v) is 7.96. The molecule has 0 bridgehead atoms. The van der Waals surface area contributed by atoms with Crippen LogP contribution in [0.4, 0.5) is 29.3 Å². The number of carbonyl (C=O) groups excluding carboxylic acids is 4. The first kappa shape index (κ1) is 37.7. The van der Waals surface area contributed by atoms with Crippen LogP contribution in [-0.2, 0) is 10.9 Å². The summed E-state index contributed by atoms with van der Waals surface area (Å²) in [5.41, 5.74) is -0.963. The Morgan fingerprint density at radius 3 is 2.56 bits per heavy atom. The molecule has 2 aliphatic heterocycles. The van der Waals surface area contributed by atoms with E-state index in [0.717, 1.165) is 7.11 Å². The number of para-hydroxylation sites is 1. The van der Waals surface area contributed by atoms with Crippen LogP contribution in [0.5, 0.6) is 11.5 Å². The number of rotatable bonds is 8. The van der Waals surface area contributed by atoms with E-state index in [2.05, 4.69) is 15.3 Å². The van der Waals surface area contributed by atoms with Gasteiger partial charge in [0.25, 0.3) is 11.8 Å². The highest BCUT2D eigenvalue weighted by Crippen LogP contribution is 2.50. The van der Waals surface area contributed by atoms with E-state index in [-0.39, 0.29) is 64.9 Å². The number of anilines is 2. The molecule has 0 aliphatic carbocycles. The van der Waals surface area contributed by atoms with Crippen LogP contribution < -0.4 is 19.7 Å². The third-order valence-electron chi connectivity index (χ3n) is 10.3. The van der Waals surface area contributed by atoms with Crippen LogP contribution in [0.15, 0.2) is 59.0 Å². The van der Waals surface area contributed by atoms with Crippen LogP contribution in [0.3, 0.4) is 0 Å². The predicted octanol–water partition coefficient (Wildman–Crippen LogP) is 7.40. The number of aliphatic hydroxyl groups is 1. The topological polar surface area (TPSA) is 179 Å². The monoisotopic (exact) mass is 807 g/mol. The van der Waals surface area contributed by atoms with Gasteiger partial charge in [0.2, 0.25) is 0 Å². The lowest BCUT2D eigenvalue weighted by atomic mass is 9.95. The van der Waals surface area contributed by atoms with Gasteiger partial charge in [0.05, 0.1) is 43.6 Å². The second-order valence-electron chi connectivity index (χ2n) is 13.7. The van der Waals surface area contributed by atoms with Crippen LogP contribution in [0.2, 0.25) is 0 Å². The zero-order valence-corrected chi connectivity index (χ0v) is 31.0. The second-order valence-corrected chi connectivity index (χ2v) is 14.0. The smallest absolute Gasteiger partial charge is 0.432 e. The minimum absolute atomic E-state index is 0.0500. The van der Waals surface area contributed by atoms with E-state index in [0.29, 0.717) is 46.2 Å². The molecule has 296 valence electrons. The number of hydrogen-bond acceptors (Lipinski definition) is 9. The van der Waals surface area contributed by atoms with Gasteiger partial charge in [-0.25, -0.2) is 9.59 Å². The Kier molecular flexibility index (Phi) is 9.52. The molecule has 3 aromatic carbocycles. The van der Waals surface area contributed by atoms with Crippen molar-refractivity contribution in [3.05, 3.63) is 82.9 Å². The summed E-state index contributed by atoms with van der Waals surface area (Å²) in [7, 11) is 2.43. The lowest BCUT2D eigenvalue weighted by Crippen LogP contribution is -2.39. The van der Waals surface area contributed by atoms with E-state index in [1.807, 2.05) is 0 Å². The summed E-state index contributed by atoms with van der Waals surface area (Å²) in [5, 5.41) is 13.6. The van der Waals surface area contributed by atoms with Crippen LogP contribution >= 0.6 is 11.6 Å². The molecular formula is C39H33ClF3N5O9. The Balaban J connectivity index is 1.17. The molecular weight excluding hydrogens is 775 g/mol. The van der Waals surface area contributed by atoms with Crippen molar-refractivity contribution in [3.8, 4) is 11.5 Å². The summed E-state index contributed by atoms with van der Waals surface area (Å²) >= 11 is 6.40. The Bertz CT molecular complexity index is 2610. The number of aromatic amines is 2. The molecule has 6 aromatic rings. The number of amides is 3. The minimum Gasteiger partial charge on any atom is -0.493 e. The number of furan rings is 1. The number of fused-ring (bicyclic) bond motifs is 5. The summed E-state index contributed by atoms with van der Waals surface area (Å²) in [5.74, 6) is -3.22. The van der Waals surface area contributed by atoms with Crippen molar-refractivity contribution >= 4 is 79.6 Å². The molecule has 3 amide bonds. The molecule has 8 rings (SSSR count). The standard InChI is InChI=1S/C39H33ClF3N5O9/c1-54-26-7-3-5-18-13-28(56-33(18)26)35(50)44-21-8-9-23-19(11-21)12-24(45-23)36(51)48-16-20(15-40)29-25(48)14-27(57-38(53)47-10-4-6-22(47)17-49)32-30(29)31(37(52)55-2)34(46-32)39(41,42)43/h3,5,7-9,11-14,20,22,45-46,49H,4,6,10,15-17H2,1-2H3,(H,44,50)/t20-,22+/m1/s1. The number of alkyl halides is 4. The average Bonchev–Trinajstić information content (AvgIpc) is 4.04. The number of hydrogen-bond donors (Lipinski definition) is 4. The molecule has 1 fully saturated rings. The normalized spacial score (nSPS) is 16.8. The van der Waals surface area contributed by atoms with Crippen molar-refractivity contribution in [1.29, 1.82) is 0 Å². The molecule has 3 aromatic heterocycles. The van der Waals surface area contributed by atoms with E-state index >= 15 is 0 Å². The van der Waals surface area contributed by atoms with Crippen molar-refractivity contribution in [3.63, 3.8) is 0 Å². The largest absolute Gasteiger partial charge is 0.493 e. The van der Waals surface area contributed by atoms with Gasteiger partial charge in [-0.2, -0.15) is 13.2 Å². The molecule has 5 heterocycles. The number of halogens is 4. The van der Waals surface area contributed by atoms with Crippen molar-refractivity contribution < 1.29 is 56.1 Å². The molecule has 0 spiro atoms. The molecule has 0 saturated carbocycles. The number of aliphatic hydroxyl groups excluding tert-OH is 1. The maximum absolute atomic E-state index is 14.5.